The average Bonchev–Trinajstić information content (AvgIpc) is 2.34. The van der Waals surface area contributed by atoms with Gasteiger partial charge in [0.25, 0.3) is 0 Å². The van der Waals surface area contributed by atoms with Gasteiger partial charge in [-0.1, -0.05) is 6.07 Å². The van der Waals surface area contributed by atoms with Gasteiger partial charge < -0.3 is 15.4 Å². The van der Waals surface area contributed by atoms with E-state index in [1.54, 1.807) is 7.11 Å². The van der Waals surface area contributed by atoms with Gasteiger partial charge in [0.2, 0.25) is 0 Å². The van der Waals surface area contributed by atoms with E-state index in [9.17, 15) is 0 Å². The third-order valence-corrected chi connectivity index (χ3v) is 3.19. The molecule has 3 nitrogen and oxygen atoms in total. The molecule has 0 bridgehead atoms. The summed E-state index contributed by atoms with van der Waals surface area (Å²) >= 11 is 0. The molecule has 1 rings (SSSR count). The van der Waals surface area contributed by atoms with Crippen molar-refractivity contribution in [3.05, 3.63) is 28.8 Å². The molecule has 0 aliphatic carbocycles. The van der Waals surface area contributed by atoms with Gasteiger partial charge in [-0.3, -0.25) is 0 Å². The Hall–Kier alpha value is -1.06. The largest absolute Gasteiger partial charge is 0.496 e. The Bertz CT molecular complexity index is 350. The molecule has 3 heteroatoms. The lowest BCUT2D eigenvalue weighted by Gasteiger charge is -2.13. The van der Waals surface area contributed by atoms with E-state index in [2.05, 4.69) is 36.6 Å². The number of methoxy groups -OCH3 is 1. The minimum Gasteiger partial charge on any atom is -0.496 e. The topological polar surface area (TPSA) is 33.3 Å². The van der Waals surface area contributed by atoms with Crippen molar-refractivity contribution in [2.24, 2.45) is 0 Å². The highest BCUT2D eigenvalue weighted by Gasteiger charge is 2.05. The monoisotopic (exact) mass is 236 g/mol. The molecule has 0 saturated heterocycles. The molecule has 1 aromatic rings. The number of likely N-dealkylation sites (N-methyl/N-ethyl adjacent to an activating group) is 1. The number of hydrogen-bond donors (Lipinski definition) is 2. The summed E-state index contributed by atoms with van der Waals surface area (Å²) in [5.74, 6) is 0.981. The zero-order valence-corrected chi connectivity index (χ0v) is 11.4. The van der Waals surface area contributed by atoms with Crippen LogP contribution in [0.4, 0.5) is 0 Å². The highest BCUT2D eigenvalue weighted by atomic mass is 16.5. The Labute approximate surface area is 105 Å². The van der Waals surface area contributed by atoms with Crippen LogP contribution in [0.2, 0.25) is 0 Å². The lowest BCUT2D eigenvalue weighted by atomic mass is 10.00. The third-order valence-electron chi connectivity index (χ3n) is 3.19. The molecule has 0 atom stereocenters. The van der Waals surface area contributed by atoms with Crippen molar-refractivity contribution in [1.29, 1.82) is 0 Å². The van der Waals surface area contributed by atoms with Crippen LogP contribution in [-0.4, -0.2) is 33.8 Å². The zero-order chi connectivity index (χ0) is 12.7. The van der Waals surface area contributed by atoms with Crippen LogP contribution in [0.25, 0.3) is 0 Å². The molecule has 0 fully saturated rings. The predicted octanol–water partition coefficient (Wildman–Crippen LogP) is 1.66. The quantitative estimate of drug-likeness (QED) is 0.707. The normalized spacial score (nSPS) is 10.6. The van der Waals surface area contributed by atoms with E-state index in [-0.39, 0.29) is 0 Å². The van der Waals surface area contributed by atoms with Gasteiger partial charge in [-0.2, -0.15) is 0 Å². The van der Waals surface area contributed by atoms with E-state index in [1.165, 1.54) is 16.7 Å². The molecule has 96 valence electrons. The number of rotatable bonds is 7. The first-order valence-electron chi connectivity index (χ1n) is 6.19. The Balaban J connectivity index is 2.51. The zero-order valence-electron chi connectivity index (χ0n) is 11.4. The van der Waals surface area contributed by atoms with Crippen LogP contribution in [-0.2, 0) is 6.42 Å². The van der Waals surface area contributed by atoms with E-state index in [0.29, 0.717) is 0 Å². The number of benzene rings is 1. The van der Waals surface area contributed by atoms with E-state index >= 15 is 0 Å². The molecule has 0 saturated carbocycles. The summed E-state index contributed by atoms with van der Waals surface area (Å²) in [6.45, 7) is 7.34. The number of nitrogens with one attached hydrogen (secondary N) is 2. The predicted molar refractivity (Wildman–Crippen MR) is 73.0 cm³/mol. The molecule has 0 aliphatic rings. The van der Waals surface area contributed by atoms with Crippen molar-refractivity contribution in [3.8, 4) is 5.75 Å². The smallest absolute Gasteiger partial charge is 0.122 e. The molecular formula is C14H24N2O. The SMILES string of the molecule is CNCCNCCc1ccc(OC)c(C)c1C. The van der Waals surface area contributed by atoms with Gasteiger partial charge in [0.1, 0.15) is 5.75 Å². The molecule has 1 aromatic carbocycles. The highest BCUT2D eigenvalue weighted by molar-refractivity contribution is 5.43. The van der Waals surface area contributed by atoms with Crippen LogP contribution in [0, 0.1) is 13.8 Å². The van der Waals surface area contributed by atoms with Crippen LogP contribution >= 0.6 is 0 Å². The first-order valence-corrected chi connectivity index (χ1v) is 6.19. The average molecular weight is 236 g/mol. The first-order chi connectivity index (χ1) is 8.20. The lowest BCUT2D eigenvalue weighted by molar-refractivity contribution is 0.411. The minimum absolute atomic E-state index is 0.981. The van der Waals surface area contributed by atoms with Gasteiger partial charge in [-0.25, -0.2) is 0 Å². The second-order valence-electron chi connectivity index (χ2n) is 4.28. The Morgan fingerprint density at radius 2 is 1.82 bits per heavy atom. The summed E-state index contributed by atoms with van der Waals surface area (Å²) in [7, 11) is 3.69. The molecule has 0 radical (unpaired) electrons. The summed E-state index contributed by atoms with van der Waals surface area (Å²) in [4.78, 5) is 0. The minimum atomic E-state index is 0.981. The van der Waals surface area contributed by atoms with Crippen LogP contribution in [0.3, 0.4) is 0 Å². The Kier molecular flexibility index (Phi) is 6.01. The summed E-state index contributed by atoms with van der Waals surface area (Å²) in [5, 5.41) is 6.54. The van der Waals surface area contributed by atoms with Crippen molar-refractivity contribution in [1.82, 2.24) is 10.6 Å². The van der Waals surface area contributed by atoms with Crippen molar-refractivity contribution < 1.29 is 4.74 Å². The van der Waals surface area contributed by atoms with Crippen LogP contribution in [0.5, 0.6) is 5.75 Å². The number of ether oxygens (including phenoxy) is 1. The fraction of sp³-hybridized carbons (Fsp3) is 0.571. The molecule has 2 N–H and O–H groups in total. The Morgan fingerprint density at radius 1 is 1.06 bits per heavy atom. The van der Waals surface area contributed by atoms with Gasteiger partial charge >= 0.3 is 0 Å². The molecular weight excluding hydrogens is 212 g/mol. The summed E-state index contributed by atoms with van der Waals surface area (Å²) in [5.41, 5.74) is 4.00. The van der Waals surface area contributed by atoms with Crippen LogP contribution < -0.4 is 15.4 Å². The van der Waals surface area contributed by atoms with E-state index in [1.807, 2.05) is 7.05 Å². The van der Waals surface area contributed by atoms with Gasteiger partial charge in [-0.15, -0.1) is 0 Å². The number of hydrogen-bond acceptors (Lipinski definition) is 3. The van der Waals surface area contributed by atoms with Gasteiger partial charge in [-0.05, 0) is 56.6 Å². The van der Waals surface area contributed by atoms with E-state index in [4.69, 9.17) is 4.74 Å². The maximum Gasteiger partial charge on any atom is 0.122 e. The summed E-state index contributed by atoms with van der Waals surface area (Å²) < 4.78 is 5.31. The molecule has 0 heterocycles. The Morgan fingerprint density at radius 3 is 2.47 bits per heavy atom. The van der Waals surface area contributed by atoms with Crippen LogP contribution in [0.1, 0.15) is 16.7 Å². The lowest BCUT2D eigenvalue weighted by Crippen LogP contribution is -2.26. The van der Waals surface area contributed by atoms with Crippen molar-refractivity contribution in [2.75, 3.05) is 33.8 Å². The fourth-order valence-electron chi connectivity index (χ4n) is 1.91. The first kappa shape index (κ1) is 14.0. The van der Waals surface area contributed by atoms with Crippen molar-refractivity contribution in [2.45, 2.75) is 20.3 Å². The molecule has 0 aromatic heterocycles. The summed E-state index contributed by atoms with van der Waals surface area (Å²) in [6.07, 6.45) is 1.07. The maximum atomic E-state index is 5.31. The van der Waals surface area contributed by atoms with Crippen LogP contribution in [0.15, 0.2) is 12.1 Å². The van der Waals surface area contributed by atoms with Crippen molar-refractivity contribution in [3.63, 3.8) is 0 Å². The highest BCUT2D eigenvalue weighted by Crippen LogP contribution is 2.23. The fourth-order valence-corrected chi connectivity index (χ4v) is 1.91. The van der Waals surface area contributed by atoms with Crippen molar-refractivity contribution >= 4 is 0 Å². The van der Waals surface area contributed by atoms with E-state index in [0.717, 1.165) is 31.8 Å². The van der Waals surface area contributed by atoms with Gasteiger partial charge in [0.05, 0.1) is 7.11 Å². The molecule has 0 spiro atoms. The van der Waals surface area contributed by atoms with Gasteiger partial charge in [0, 0.05) is 13.1 Å². The second kappa shape index (κ2) is 7.30. The third kappa shape index (κ3) is 4.02. The second-order valence-corrected chi connectivity index (χ2v) is 4.28. The maximum absolute atomic E-state index is 5.31. The molecule has 0 amide bonds. The van der Waals surface area contributed by atoms with Gasteiger partial charge in [0.15, 0.2) is 0 Å². The standard InChI is InChI=1S/C14H24N2O/c1-11-12(2)14(17-4)6-5-13(11)7-8-16-10-9-15-3/h5-6,15-16H,7-10H2,1-4H3. The molecule has 17 heavy (non-hydrogen) atoms. The molecule has 0 unspecified atom stereocenters. The molecule has 0 aliphatic heterocycles. The van der Waals surface area contributed by atoms with E-state index < -0.39 is 0 Å². The summed E-state index contributed by atoms with van der Waals surface area (Å²) in [6, 6.07) is 4.23.